The summed E-state index contributed by atoms with van der Waals surface area (Å²) in [5.74, 6) is 0.260. The van der Waals surface area contributed by atoms with E-state index >= 15 is 0 Å². The van der Waals surface area contributed by atoms with Crippen molar-refractivity contribution >= 4 is 35.6 Å². The molecule has 2 saturated carbocycles. The number of nitrogens with zero attached hydrogens (tertiary/aromatic N) is 2. The number of carbonyl (C=O) groups is 4. The molecule has 0 spiro atoms. The number of nitrogens with one attached hydrogen (secondary N) is 5. The molecule has 268 valence electrons. The molecule has 13 nitrogen and oxygen atoms in total. The van der Waals surface area contributed by atoms with Gasteiger partial charge in [-0.05, 0) is 103 Å². The first kappa shape index (κ1) is 35.4. The van der Waals surface area contributed by atoms with E-state index in [-0.39, 0.29) is 30.6 Å². The quantitative estimate of drug-likeness (QED) is 0.235. The maximum atomic E-state index is 14.3. The van der Waals surface area contributed by atoms with Crippen molar-refractivity contribution in [2.75, 3.05) is 12.3 Å². The summed E-state index contributed by atoms with van der Waals surface area (Å²) in [5, 5.41) is 18.5. The largest absolute Gasteiger partial charge is 0.479 e. The Morgan fingerprint density at radius 2 is 1.85 bits per heavy atom. The van der Waals surface area contributed by atoms with Gasteiger partial charge in [0.25, 0.3) is 0 Å². The lowest BCUT2D eigenvalue weighted by atomic mass is 9.78. The van der Waals surface area contributed by atoms with Crippen LogP contribution in [0.5, 0.6) is 0 Å². The van der Waals surface area contributed by atoms with Crippen LogP contribution < -0.4 is 27.0 Å². The zero-order chi connectivity index (χ0) is 34.1. The number of fused-ring (bicyclic) bond motifs is 2. The Morgan fingerprint density at radius 3 is 2.60 bits per heavy atom. The number of alkyl carbamates (subject to hydrolysis) is 1. The second-order valence-electron chi connectivity index (χ2n) is 15.7. The molecule has 2 aliphatic carbocycles. The van der Waals surface area contributed by atoms with Crippen LogP contribution in [-0.2, 0) is 19.1 Å². The van der Waals surface area contributed by atoms with E-state index in [0.717, 1.165) is 36.9 Å². The van der Waals surface area contributed by atoms with Crippen LogP contribution in [-0.4, -0.2) is 92.0 Å². The van der Waals surface area contributed by atoms with Crippen LogP contribution in [0.1, 0.15) is 104 Å². The first-order valence-electron chi connectivity index (χ1n) is 18.1. The Balaban J connectivity index is 1.19. The van der Waals surface area contributed by atoms with Crippen molar-refractivity contribution in [1.82, 2.24) is 37.0 Å². The number of hydrazine groups is 3. The highest BCUT2D eigenvalue weighted by atomic mass is 32.2. The van der Waals surface area contributed by atoms with Gasteiger partial charge in [-0.1, -0.05) is 31.4 Å². The number of hydrogen-bond donors (Lipinski definition) is 6. The first-order valence-corrected chi connectivity index (χ1v) is 19.2. The lowest BCUT2D eigenvalue weighted by Crippen LogP contribution is -2.56. The predicted octanol–water partition coefficient (Wildman–Crippen LogP) is 3.19. The van der Waals surface area contributed by atoms with Crippen molar-refractivity contribution in [3.8, 4) is 0 Å². The fraction of sp³-hybridized carbons (Fsp3) is 0.824. The molecule has 3 saturated heterocycles. The van der Waals surface area contributed by atoms with Gasteiger partial charge in [-0.15, -0.1) is 0 Å². The van der Waals surface area contributed by atoms with Crippen molar-refractivity contribution in [3.05, 3.63) is 12.2 Å². The van der Waals surface area contributed by atoms with E-state index < -0.39 is 41.2 Å². The number of allylic oxidation sites excluding steroid dienone is 1. The zero-order valence-electron chi connectivity index (χ0n) is 28.7. The van der Waals surface area contributed by atoms with Crippen molar-refractivity contribution in [1.29, 1.82) is 0 Å². The van der Waals surface area contributed by atoms with Gasteiger partial charge < -0.3 is 25.4 Å². The van der Waals surface area contributed by atoms with Crippen LogP contribution in [0.25, 0.3) is 0 Å². The molecule has 4 aliphatic heterocycles. The predicted molar refractivity (Wildman–Crippen MR) is 182 cm³/mol. The molecular formula is C34H55N7O6S. The summed E-state index contributed by atoms with van der Waals surface area (Å²) < 4.78 is 5.51. The second-order valence-corrected chi connectivity index (χ2v) is 17.1. The van der Waals surface area contributed by atoms with Crippen molar-refractivity contribution in [2.45, 2.75) is 145 Å². The number of aliphatic carboxylic acids is 1. The SMILES string of the molecule is CC(C)(C)OC(=O)N[C@@H]1CCCCC/C=C\[C@@H]2C[C@]2(C(=O)O)NC(=O)[C@@H]2C[C@H](N3NNC(C4CCCC(C5CCCS5)C4)N3)CN2C1=O. The molecule has 6 rings (SSSR count). The molecule has 6 aliphatic rings. The maximum Gasteiger partial charge on any atom is 0.408 e. The van der Waals surface area contributed by atoms with Crippen LogP contribution >= 0.6 is 11.8 Å². The van der Waals surface area contributed by atoms with Gasteiger partial charge in [0.1, 0.15) is 23.2 Å². The molecule has 4 heterocycles. The third kappa shape index (κ3) is 8.14. The third-order valence-electron chi connectivity index (χ3n) is 11.0. The summed E-state index contributed by atoms with van der Waals surface area (Å²) in [7, 11) is 0. The smallest absolute Gasteiger partial charge is 0.408 e. The molecule has 0 aromatic rings. The summed E-state index contributed by atoms with van der Waals surface area (Å²) in [6.45, 7) is 5.54. The average molecular weight is 690 g/mol. The minimum atomic E-state index is -1.37. The van der Waals surface area contributed by atoms with Gasteiger partial charge in [-0.25, -0.2) is 20.4 Å². The summed E-state index contributed by atoms with van der Waals surface area (Å²) >= 11 is 2.13. The van der Waals surface area contributed by atoms with E-state index in [1.807, 2.05) is 17.3 Å². The number of carboxylic acid groups (broad SMARTS) is 1. The molecule has 4 unspecified atom stereocenters. The van der Waals surface area contributed by atoms with Gasteiger partial charge >= 0.3 is 12.1 Å². The van der Waals surface area contributed by atoms with E-state index in [1.54, 1.807) is 20.8 Å². The Bertz CT molecular complexity index is 1240. The lowest BCUT2D eigenvalue weighted by molar-refractivity contribution is -0.145. The molecule has 0 bridgehead atoms. The van der Waals surface area contributed by atoms with Crippen LogP contribution in [0.2, 0.25) is 0 Å². The number of amides is 3. The number of carbonyl (C=O) groups excluding carboxylic acids is 3. The van der Waals surface area contributed by atoms with E-state index in [2.05, 4.69) is 38.8 Å². The number of thioether (sulfide) groups is 1. The molecule has 0 aromatic heterocycles. The number of hydrogen-bond acceptors (Lipinski definition) is 10. The molecule has 0 aromatic carbocycles. The summed E-state index contributed by atoms with van der Waals surface area (Å²) in [5.41, 5.74) is 8.21. The van der Waals surface area contributed by atoms with Gasteiger partial charge in [-0.3, -0.25) is 9.59 Å². The highest BCUT2D eigenvalue weighted by Gasteiger charge is 2.61. The Morgan fingerprint density at radius 1 is 1.04 bits per heavy atom. The molecular weight excluding hydrogens is 634 g/mol. The van der Waals surface area contributed by atoms with E-state index in [4.69, 9.17) is 4.74 Å². The van der Waals surface area contributed by atoms with Crippen LogP contribution in [0.15, 0.2) is 12.2 Å². The van der Waals surface area contributed by atoms with Crippen LogP contribution in [0, 0.1) is 17.8 Å². The standard InChI is InChI=1S/C34H55N7O6S/c1-33(2,3)47-32(46)35-25-14-8-6-4-5-7-13-23-19-34(23,31(44)45)36-29(42)26-18-24(20-40(26)30(25)43)41-38-28(37-39-41)22-12-9-11-21(17-22)27-15-10-16-48-27/h7,13,21-28,37-39H,4-6,8-12,14-20H2,1-3H3,(H,35,46)(H,36,42)(H,44,45)/b13-7-/t21?,22?,23-,24+,25-,26+,27?,28?,34+/m1/s1. The Hall–Kier alpha value is -2.39. The Labute approximate surface area is 288 Å². The van der Waals surface area contributed by atoms with Crippen molar-refractivity contribution in [3.63, 3.8) is 0 Å². The minimum Gasteiger partial charge on any atom is -0.479 e. The van der Waals surface area contributed by atoms with Crippen LogP contribution in [0.4, 0.5) is 4.79 Å². The normalized spacial score (nSPS) is 39.0. The zero-order valence-corrected chi connectivity index (χ0v) is 29.5. The summed E-state index contributed by atoms with van der Waals surface area (Å²) in [6.07, 6.45) is 14.9. The average Bonchev–Trinajstić information content (AvgIpc) is 3.53. The maximum absolute atomic E-state index is 14.3. The van der Waals surface area contributed by atoms with Gasteiger partial charge in [-0.2, -0.15) is 22.4 Å². The molecule has 9 atom stereocenters. The van der Waals surface area contributed by atoms with Gasteiger partial charge in [0.15, 0.2) is 0 Å². The minimum absolute atomic E-state index is 0.0256. The fourth-order valence-electron chi connectivity index (χ4n) is 8.37. The summed E-state index contributed by atoms with van der Waals surface area (Å²) in [4.78, 5) is 55.2. The molecule has 3 amide bonds. The molecule has 48 heavy (non-hydrogen) atoms. The summed E-state index contributed by atoms with van der Waals surface area (Å²) in [6, 6.07) is -2.06. The fourth-order valence-corrected chi connectivity index (χ4v) is 9.86. The highest BCUT2D eigenvalue weighted by Crippen LogP contribution is 2.46. The van der Waals surface area contributed by atoms with E-state index in [1.165, 1.54) is 42.8 Å². The molecule has 0 radical (unpaired) electrons. The van der Waals surface area contributed by atoms with Gasteiger partial charge in [0, 0.05) is 17.7 Å². The van der Waals surface area contributed by atoms with E-state index in [0.29, 0.717) is 31.6 Å². The van der Waals surface area contributed by atoms with E-state index in [9.17, 15) is 24.3 Å². The lowest BCUT2D eigenvalue weighted by Gasteiger charge is -2.35. The van der Waals surface area contributed by atoms with Gasteiger partial charge in [0.2, 0.25) is 11.8 Å². The number of carboxylic acids is 1. The second kappa shape index (κ2) is 14.8. The van der Waals surface area contributed by atoms with Crippen molar-refractivity contribution < 1.29 is 29.0 Å². The van der Waals surface area contributed by atoms with Crippen molar-refractivity contribution in [2.24, 2.45) is 17.8 Å². The topological polar surface area (TPSA) is 164 Å². The molecule has 14 heteroatoms. The van der Waals surface area contributed by atoms with Crippen LogP contribution in [0.3, 0.4) is 0 Å². The van der Waals surface area contributed by atoms with Gasteiger partial charge in [0.05, 0.1) is 12.2 Å². The first-order chi connectivity index (χ1) is 22.9. The third-order valence-corrected chi connectivity index (χ3v) is 12.6. The monoisotopic (exact) mass is 689 g/mol. The number of rotatable bonds is 5. The molecule has 6 N–H and O–H groups in total. The number of ether oxygens (including phenoxy) is 1. The molecule has 5 fully saturated rings. The highest BCUT2D eigenvalue weighted by molar-refractivity contribution is 8.00. The Kier molecular flexibility index (Phi) is 11.0.